The highest BCUT2D eigenvalue weighted by molar-refractivity contribution is 5.09. The van der Waals surface area contributed by atoms with Gasteiger partial charge in [0, 0.05) is 18.4 Å². The average molecular weight is 246 g/mol. The Kier molecular flexibility index (Phi) is 7.35. The highest BCUT2D eigenvalue weighted by Crippen LogP contribution is 2.12. The lowest BCUT2D eigenvalue weighted by Crippen LogP contribution is -2.30. The molecule has 0 bridgehead atoms. The van der Waals surface area contributed by atoms with Crippen molar-refractivity contribution in [3.05, 3.63) is 42.2 Å². The van der Waals surface area contributed by atoms with Crippen LogP contribution in [-0.2, 0) is 6.42 Å². The van der Waals surface area contributed by atoms with E-state index < -0.39 is 0 Å². The first-order valence-corrected chi connectivity index (χ1v) is 7.05. The van der Waals surface area contributed by atoms with Crippen molar-refractivity contribution in [1.29, 1.82) is 0 Å². The van der Waals surface area contributed by atoms with E-state index in [9.17, 15) is 0 Å². The van der Waals surface area contributed by atoms with E-state index in [-0.39, 0.29) is 0 Å². The topological polar surface area (TPSA) is 24.9 Å². The fourth-order valence-corrected chi connectivity index (χ4v) is 2.00. The van der Waals surface area contributed by atoms with Gasteiger partial charge in [-0.2, -0.15) is 0 Å². The number of aryl methyl sites for hydroxylation is 1. The number of rotatable bonds is 9. The van der Waals surface area contributed by atoms with Crippen LogP contribution in [0.15, 0.2) is 36.7 Å². The second kappa shape index (κ2) is 8.87. The summed E-state index contributed by atoms with van der Waals surface area (Å²) in [5.74, 6) is 0. The molecule has 1 aromatic rings. The molecule has 0 fully saturated rings. The quantitative estimate of drug-likeness (QED) is 0.671. The van der Waals surface area contributed by atoms with Gasteiger partial charge < -0.3 is 5.32 Å². The molecule has 0 radical (unpaired) electrons. The minimum Gasteiger partial charge on any atom is -0.314 e. The monoisotopic (exact) mass is 246 g/mol. The van der Waals surface area contributed by atoms with E-state index in [0.717, 1.165) is 32.2 Å². The normalized spacial score (nSPS) is 12.3. The Bertz CT molecular complexity index is 332. The molecule has 0 aliphatic rings. The van der Waals surface area contributed by atoms with E-state index in [1.165, 1.54) is 17.6 Å². The summed E-state index contributed by atoms with van der Waals surface area (Å²) in [6.07, 6.45) is 9.40. The maximum atomic E-state index is 4.16. The third-order valence-corrected chi connectivity index (χ3v) is 3.22. The lowest BCUT2D eigenvalue weighted by molar-refractivity contribution is 0.473. The first kappa shape index (κ1) is 14.9. The van der Waals surface area contributed by atoms with Crippen LogP contribution in [0.1, 0.15) is 45.1 Å². The predicted molar refractivity (Wildman–Crippen MR) is 78.7 cm³/mol. The Hall–Kier alpha value is -1.15. The van der Waals surface area contributed by atoms with Crippen molar-refractivity contribution in [3.8, 4) is 0 Å². The lowest BCUT2D eigenvalue weighted by atomic mass is 9.99. The van der Waals surface area contributed by atoms with Gasteiger partial charge in [0.1, 0.15) is 0 Å². The van der Waals surface area contributed by atoms with Crippen LogP contribution in [0.2, 0.25) is 0 Å². The van der Waals surface area contributed by atoms with E-state index >= 15 is 0 Å². The van der Waals surface area contributed by atoms with Crippen molar-refractivity contribution in [3.63, 3.8) is 0 Å². The minimum atomic E-state index is 0.553. The van der Waals surface area contributed by atoms with E-state index in [0.29, 0.717) is 6.04 Å². The zero-order valence-electron chi connectivity index (χ0n) is 11.8. The van der Waals surface area contributed by atoms with Crippen LogP contribution in [0.4, 0.5) is 0 Å². The summed E-state index contributed by atoms with van der Waals surface area (Å²) in [6, 6.07) is 4.71. The third kappa shape index (κ3) is 5.97. The van der Waals surface area contributed by atoms with Gasteiger partial charge in [0.05, 0.1) is 0 Å². The molecule has 1 rings (SSSR count). The maximum absolute atomic E-state index is 4.16. The van der Waals surface area contributed by atoms with Gasteiger partial charge in [0.2, 0.25) is 0 Å². The van der Waals surface area contributed by atoms with Crippen LogP contribution in [-0.4, -0.2) is 17.6 Å². The average Bonchev–Trinajstić information content (AvgIpc) is 2.42. The molecular weight excluding hydrogens is 220 g/mol. The molecule has 2 nitrogen and oxygen atoms in total. The molecule has 1 N–H and O–H groups in total. The van der Waals surface area contributed by atoms with Crippen molar-refractivity contribution in [2.45, 2.75) is 52.0 Å². The van der Waals surface area contributed by atoms with Crippen molar-refractivity contribution in [1.82, 2.24) is 10.3 Å². The largest absolute Gasteiger partial charge is 0.314 e. The molecule has 18 heavy (non-hydrogen) atoms. The molecule has 1 heterocycles. The molecule has 0 saturated carbocycles. The molecule has 2 heteroatoms. The predicted octanol–water partition coefficient (Wildman–Crippen LogP) is 3.74. The summed E-state index contributed by atoms with van der Waals surface area (Å²) in [7, 11) is 0. The number of aromatic nitrogens is 1. The van der Waals surface area contributed by atoms with Gasteiger partial charge in [-0.15, -0.1) is 0 Å². The van der Waals surface area contributed by atoms with Crippen LogP contribution in [0, 0.1) is 0 Å². The molecule has 1 aromatic heterocycles. The number of nitrogens with one attached hydrogen (secondary N) is 1. The van der Waals surface area contributed by atoms with E-state index in [2.05, 4.69) is 36.8 Å². The first-order valence-electron chi connectivity index (χ1n) is 7.05. The fraction of sp³-hybridized carbons (Fsp3) is 0.562. The first-order chi connectivity index (χ1) is 8.76. The summed E-state index contributed by atoms with van der Waals surface area (Å²) in [6.45, 7) is 9.60. The number of hydrogen-bond donors (Lipinski definition) is 1. The van der Waals surface area contributed by atoms with Gasteiger partial charge in [0.15, 0.2) is 0 Å². The van der Waals surface area contributed by atoms with Gasteiger partial charge in [-0.05, 0) is 50.3 Å². The highest BCUT2D eigenvalue weighted by Gasteiger charge is 2.09. The summed E-state index contributed by atoms with van der Waals surface area (Å²) >= 11 is 0. The second-order valence-corrected chi connectivity index (χ2v) is 4.86. The Morgan fingerprint density at radius 3 is 2.89 bits per heavy atom. The SMILES string of the molecule is C=C(CC)CC(CCc1cccnc1)NCCC. The number of pyridine rings is 1. The molecule has 0 amide bonds. The van der Waals surface area contributed by atoms with Crippen molar-refractivity contribution in [2.75, 3.05) is 6.54 Å². The molecule has 100 valence electrons. The summed E-state index contributed by atoms with van der Waals surface area (Å²) in [4.78, 5) is 4.16. The third-order valence-electron chi connectivity index (χ3n) is 3.22. The molecule has 1 unspecified atom stereocenters. The molecule has 0 aromatic carbocycles. The maximum Gasteiger partial charge on any atom is 0.0299 e. The van der Waals surface area contributed by atoms with Crippen LogP contribution < -0.4 is 5.32 Å². The zero-order chi connectivity index (χ0) is 13.2. The number of hydrogen-bond acceptors (Lipinski definition) is 2. The van der Waals surface area contributed by atoms with Crippen LogP contribution in [0.25, 0.3) is 0 Å². The van der Waals surface area contributed by atoms with E-state index in [4.69, 9.17) is 0 Å². The second-order valence-electron chi connectivity index (χ2n) is 4.86. The van der Waals surface area contributed by atoms with Gasteiger partial charge in [-0.25, -0.2) is 0 Å². The molecule has 0 spiro atoms. The molecule has 0 aliphatic heterocycles. The minimum absolute atomic E-state index is 0.553. The Morgan fingerprint density at radius 1 is 1.44 bits per heavy atom. The summed E-state index contributed by atoms with van der Waals surface area (Å²) < 4.78 is 0. The summed E-state index contributed by atoms with van der Waals surface area (Å²) in [5, 5.41) is 3.62. The Morgan fingerprint density at radius 2 is 2.28 bits per heavy atom. The lowest BCUT2D eigenvalue weighted by Gasteiger charge is -2.19. The van der Waals surface area contributed by atoms with Crippen LogP contribution in [0.5, 0.6) is 0 Å². The Balaban J connectivity index is 2.42. The zero-order valence-corrected chi connectivity index (χ0v) is 11.8. The van der Waals surface area contributed by atoms with Gasteiger partial charge in [0.25, 0.3) is 0 Å². The van der Waals surface area contributed by atoms with Gasteiger partial charge in [-0.3, -0.25) is 4.98 Å². The molecule has 1 atom stereocenters. The standard InChI is InChI=1S/C16H26N2/c1-4-10-18-16(12-14(3)5-2)9-8-15-7-6-11-17-13-15/h6-7,11,13,16,18H,3-5,8-10,12H2,1-2H3. The van der Waals surface area contributed by atoms with Crippen LogP contribution >= 0.6 is 0 Å². The van der Waals surface area contributed by atoms with Crippen molar-refractivity contribution < 1.29 is 0 Å². The number of nitrogens with zero attached hydrogens (tertiary/aromatic N) is 1. The van der Waals surface area contributed by atoms with Crippen molar-refractivity contribution >= 4 is 0 Å². The molecular formula is C16H26N2. The smallest absolute Gasteiger partial charge is 0.0299 e. The fourth-order valence-electron chi connectivity index (χ4n) is 2.00. The van der Waals surface area contributed by atoms with Gasteiger partial charge in [-0.1, -0.05) is 32.1 Å². The molecule has 0 saturated heterocycles. The molecule has 0 aliphatic carbocycles. The Labute approximate surface area is 112 Å². The summed E-state index contributed by atoms with van der Waals surface area (Å²) in [5.41, 5.74) is 2.66. The van der Waals surface area contributed by atoms with Gasteiger partial charge >= 0.3 is 0 Å². The van der Waals surface area contributed by atoms with Crippen molar-refractivity contribution in [2.24, 2.45) is 0 Å². The van der Waals surface area contributed by atoms with Crippen LogP contribution in [0.3, 0.4) is 0 Å². The van der Waals surface area contributed by atoms with E-state index in [1.54, 1.807) is 0 Å². The highest BCUT2D eigenvalue weighted by atomic mass is 14.9. The van der Waals surface area contributed by atoms with E-state index in [1.807, 2.05) is 18.5 Å².